The number of carbonyl (C=O) groups is 5. The SMILES string of the molecule is C.C.O=C1C[C+]2CC(=O)O[B-]2([C@@H](CO)c2ccccc2)O1.O=C[C@@H](c1ccccc1)[B-]12OC(=O)C[C+]1CC(=O)O2. The first-order valence-corrected chi connectivity index (χ1v) is 12.3. The first kappa shape index (κ1) is 30.4. The third-order valence-corrected chi connectivity index (χ3v) is 7.61. The summed E-state index contributed by atoms with van der Waals surface area (Å²) in [5, 5.41) is 9.67. The molecule has 0 saturated carbocycles. The van der Waals surface area contributed by atoms with Crippen LogP contribution in [0.5, 0.6) is 0 Å². The fourth-order valence-electron chi connectivity index (χ4n) is 5.92. The molecule has 1 N–H and O–H groups in total. The van der Waals surface area contributed by atoms with Crippen molar-refractivity contribution in [3.05, 3.63) is 83.4 Å². The Bertz CT molecular complexity index is 1210. The minimum atomic E-state index is -2.30. The van der Waals surface area contributed by atoms with Crippen LogP contribution in [-0.2, 0) is 42.6 Å². The second-order valence-electron chi connectivity index (χ2n) is 9.80. The quantitative estimate of drug-likeness (QED) is 0.324. The Morgan fingerprint density at radius 3 is 1.45 bits per heavy atom. The number of aliphatic hydroxyl groups is 1. The predicted molar refractivity (Wildman–Crippen MR) is 146 cm³/mol. The van der Waals surface area contributed by atoms with Gasteiger partial charge in [0.15, 0.2) is 0 Å². The largest absolute Gasteiger partial charge is 0.613 e. The molecule has 0 aromatic heterocycles. The van der Waals surface area contributed by atoms with Gasteiger partial charge in [-0.15, -0.1) is 0 Å². The number of benzene rings is 2. The minimum absolute atomic E-state index is 0. The number of fused-ring (bicyclic) bond motifs is 2. The third kappa shape index (κ3) is 5.19. The third-order valence-electron chi connectivity index (χ3n) is 7.61. The zero-order valence-electron chi connectivity index (χ0n) is 20.3. The van der Waals surface area contributed by atoms with E-state index in [9.17, 15) is 29.1 Å². The lowest BCUT2D eigenvalue weighted by molar-refractivity contribution is -0.140. The van der Waals surface area contributed by atoms with Crippen molar-refractivity contribution in [2.75, 3.05) is 6.61 Å². The normalized spacial score (nSPS) is 20.6. The number of aldehydes is 1. The van der Waals surface area contributed by atoms with Crippen molar-refractivity contribution in [1.82, 2.24) is 0 Å². The minimum Gasteiger partial charge on any atom is -0.613 e. The number of hydrogen-bond acceptors (Lipinski definition) is 10. The number of rotatable bonds is 6. The van der Waals surface area contributed by atoms with Crippen LogP contribution in [0.1, 0.15) is 63.3 Å². The summed E-state index contributed by atoms with van der Waals surface area (Å²) in [7, 11) is 0. The number of hydrogen-bond donors (Lipinski definition) is 1. The Balaban J connectivity index is 0.000000210. The van der Waals surface area contributed by atoms with Gasteiger partial charge in [0, 0.05) is 29.9 Å². The van der Waals surface area contributed by atoms with Crippen molar-refractivity contribution in [3.8, 4) is 0 Å². The van der Waals surface area contributed by atoms with Gasteiger partial charge in [-0.25, -0.2) is 0 Å². The Hall–Kier alpha value is -4.18. The van der Waals surface area contributed by atoms with Gasteiger partial charge in [-0.3, -0.25) is 19.2 Å². The highest BCUT2D eigenvalue weighted by Gasteiger charge is 2.69. The van der Waals surface area contributed by atoms with Gasteiger partial charge in [-0.2, -0.15) is 0 Å². The molecule has 2 aromatic carbocycles. The zero-order chi connectivity index (χ0) is 26.9. The van der Waals surface area contributed by atoms with Crippen LogP contribution >= 0.6 is 0 Å². The molecule has 4 aliphatic rings. The van der Waals surface area contributed by atoms with Crippen LogP contribution in [0.15, 0.2) is 60.7 Å². The van der Waals surface area contributed by atoms with E-state index in [4.69, 9.17) is 18.6 Å². The highest BCUT2D eigenvalue weighted by atomic mass is 16.7. The summed E-state index contributed by atoms with van der Waals surface area (Å²) in [6, 6.07) is 18.1. The van der Waals surface area contributed by atoms with Crippen LogP contribution in [0.3, 0.4) is 0 Å². The highest BCUT2D eigenvalue weighted by molar-refractivity contribution is 6.83. The molecule has 0 radical (unpaired) electrons. The molecule has 2 aromatic rings. The van der Waals surface area contributed by atoms with E-state index in [-0.39, 0.29) is 47.1 Å². The topological polar surface area (TPSA) is 142 Å². The molecule has 12 heteroatoms. The second-order valence-corrected chi connectivity index (χ2v) is 9.80. The van der Waals surface area contributed by atoms with Crippen LogP contribution in [0.2, 0.25) is 0 Å². The lowest BCUT2D eigenvalue weighted by Gasteiger charge is -2.32. The fraction of sp³-hybridized carbons (Fsp3) is 0.321. The predicted octanol–water partition coefficient (Wildman–Crippen LogP) is 2.98. The van der Waals surface area contributed by atoms with Crippen molar-refractivity contribution < 1.29 is 47.7 Å². The van der Waals surface area contributed by atoms with E-state index in [0.717, 1.165) is 5.56 Å². The second kappa shape index (κ2) is 11.9. The lowest BCUT2D eigenvalue weighted by Crippen LogP contribution is -2.48. The van der Waals surface area contributed by atoms with E-state index in [1.165, 1.54) is 0 Å². The summed E-state index contributed by atoms with van der Waals surface area (Å²) < 4.78 is 21.2. The van der Waals surface area contributed by atoms with Gasteiger partial charge in [-0.1, -0.05) is 86.6 Å². The van der Waals surface area contributed by atoms with Gasteiger partial charge in [0.1, 0.15) is 32.0 Å². The first-order chi connectivity index (χ1) is 18.3. The van der Waals surface area contributed by atoms with Gasteiger partial charge < -0.3 is 28.5 Å². The highest BCUT2D eigenvalue weighted by Crippen LogP contribution is 2.48. The van der Waals surface area contributed by atoms with Gasteiger partial charge in [0.2, 0.25) is 0 Å². The van der Waals surface area contributed by atoms with E-state index >= 15 is 0 Å². The van der Waals surface area contributed by atoms with Crippen molar-refractivity contribution in [2.24, 2.45) is 0 Å². The van der Waals surface area contributed by atoms with Gasteiger partial charge in [-0.05, 0) is 0 Å². The lowest BCUT2D eigenvalue weighted by atomic mass is 9.39. The fourth-order valence-corrected chi connectivity index (χ4v) is 5.92. The molecule has 4 fully saturated rings. The monoisotopic (exact) mass is 550 g/mol. The van der Waals surface area contributed by atoms with Gasteiger partial charge in [0.05, 0.1) is 0 Å². The molecule has 0 aliphatic carbocycles. The molecular formula is C28H32B2O10. The summed E-state index contributed by atoms with van der Waals surface area (Å²) >= 11 is 0. The molecule has 0 amide bonds. The van der Waals surface area contributed by atoms with E-state index in [1.54, 1.807) is 24.3 Å². The Morgan fingerprint density at radius 1 is 0.675 bits per heavy atom. The summed E-state index contributed by atoms with van der Waals surface area (Å²) in [4.78, 5) is 57.5. The van der Waals surface area contributed by atoms with Crippen molar-refractivity contribution in [3.63, 3.8) is 0 Å². The molecule has 0 unspecified atom stereocenters. The summed E-state index contributed by atoms with van der Waals surface area (Å²) in [6.45, 7) is -4.73. The van der Waals surface area contributed by atoms with Crippen LogP contribution in [0.25, 0.3) is 0 Å². The molecule has 4 heterocycles. The standard InChI is InChI=1S/C13H13BO5.C13H11BO5.2CH4/c2*15-8-11(9-4-2-1-3-5-9)14-10(6-12(16)18-14)7-13(17)19-14;;/h1-5,11,15H,6-8H2;1-5,8,11H,6-7H2;2*1H4/t2*11-;;/m00../s1. The maximum Gasteiger partial charge on any atom is 0.573 e. The van der Waals surface area contributed by atoms with E-state index in [2.05, 4.69) is 0 Å². The Kier molecular flexibility index (Phi) is 9.04. The van der Waals surface area contributed by atoms with E-state index in [1.807, 2.05) is 36.4 Å². The number of carbonyl (C=O) groups excluding carboxylic acids is 5. The summed E-state index contributed by atoms with van der Waals surface area (Å²) in [6.07, 6.45) is 1.02. The van der Waals surface area contributed by atoms with E-state index in [0.29, 0.717) is 23.5 Å². The van der Waals surface area contributed by atoms with Crippen LogP contribution in [0, 0.1) is 11.6 Å². The van der Waals surface area contributed by atoms with Crippen LogP contribution in [0.4, 0.5) is 0 Å². The molecule has 10 nitrogen and oxygen atoms in total. The molecule has 4 saturated heterocycles. The average molecular weight is 550 g/mol. The molecule has 4 aliphatic heterocycles. The van der Waals surface area contributed by atoms with Crippen LogP contribution in [-0.4, -0.2) is 55.0 Å². The molecule has 40 heavy (non-hydrogen) atoms. The Morgan fingerprint density at radius 2 is 1.05 bits per heavy atom. The van der Waals surface area contributed by atoms with Crippen molar-refractivity contribution in [2.45, 2.75) is 52.2 Å². The zero-order valence-corrected chi connectivity index (χ0v) is 20.3. The summed E-state index contributed by atoms with van der Waals surface area (Å²) in [5.74, 6) is -1.68. The summed E-state index contributed by atoms with van der Waals surface area (Å²) in [5.41, 5.74) is 1.48. The van der Waals surface area contributed by atoms with Gasteiger partial charge in [0.25, 0.3) is 0 Å². The molecule has 2 atom stereocenters. The Labute approximate surface area is 233 Å². The molecule has 0 bridgehead atoms. The smallest absolute Gasteiger partial charge is 0.573 e. The maximum absolute atomic E-state index is 11.5. The molecule has 6 rings (SSSR count). The molecule has 0 spiro atoms. The number of aliphatic hydroxyl groups excluding tert-OH is 1. The van der Waals surface area contributed by atoms with Crippen molar-refractivity contribution in [1.29, 1.82) is 0 Å². The van der Waals surface area contributed by atoms with Gasteiger partial charge >= 0.3 is 37.0 Å². The average Bonchev–Trinajstić information content (AvgIpc) is 3.56. The van der Waals surface area contributed by atoms with Crippen LogP contribution < -0.4 is 0 Å². The maximum atomic E-state index is 11.5. The first-order valence-electron chi connectivity index (χ1n) is 12.3. The molecular weight excluding hydrogens is 518 g/mol. The molecule has 210 valence electrons. The van der Waals surface area contributed by atoms with Crippen molar-refractivity contribution >= 4 is 43.3 Å². The van der Waals surface area contributed by atoms with E-state index < -0.39 is 48.6 Å².